The summed E-state index contributed by atoms with van der Waals surface area (Å²) in [6.45, 7) is 0.432. The third kappa shape index (κ3) is 5.42. The Balaban J connectivity index is 1.37. The van der Waals surface area contributed by atoms with Crippen LogP contribution in [-0.2, 0) is 13.3 Å². The topological polar surface area (TPSA) is 74.0 Å². The van der Waals surface area contributed by atoms with Crippen LogP contribution in [0.5, 0.6) is 5.75 Å². The number of ether oxygens (including phenoxy) is 1. The van der Waals surface area contributed by atoms with E-state index >= 15 is 0 Å². The van der Waals surface area contributed by atoms with Gasteiger partial charge in [0.15, 0.2) is 18.2 Å². The smallest absolute Gasteiger partial charge is 0.277 e. The number of aromatic nitrogens is 4. The van der Waals surface area contributed by atoms with Gasteiger partial charge in [0, 0.05) is 17.4 Å². The Kier molecular flexibility index (Phi) is 6.20. The second kappa shape index (κ2) is 9.20. The van der Waals surface area contributed by atoms with Gasteiger partial charge in [-0.1, -0.05) is 35.3 Å². The van der Waals surface area contributed by atoms with E-state index in [4.69, 9.17) is 27.9 Å². The lowest BCUT2D eigenvalue weighted by Crippen LogP contribution is -2.15. The van der Waals surface area contributed by atoms with E-state index in [1.54, 1.807) is 54.9 Å². The Labute approximate surface area is 187 Å². The summed E-state index contributed by atoms with van der Waals surface area (Å²) in [5, 5.41) is 11.9. The largest absolute Gasteiger partial charge is 0.471 e. The summed E-state index contributed by atoms with van der Waals surface area (Å²) in [6, 6.07) is 14.6. The highest BCUT2D eigenvalue weighted by atomic mass is 35.5. The van der Waals surface area contributed by atoms with Crippen molar-refractivity contribution in [2.45, 2.75) is 13.3 Å². The molecule has 0 fully saturated rings. The van der Waals surface area contributed by atoms with Crippen LogP contribution in [0.2, 0.25) is 10.0 Å². The van der Waals surface area contributed by atoms with Gasteiger partial charge < -0.3 is 10.1 Å². The molecule has 0 aliphatic heterocycles. The summed E-state index contributed by atoms with van der Waals surface area (Å²) in [5.74, 6) is 0.0135. The predicted octanol–water partition coefficient (Wildman–Crippen LogP) is 4.86. The fourth-order valence-corrected chi connectivity index (χ4v) is 3.11. The molecule has 2 aromatic carbocycles. The van der Waals surface area contributed by atoms with Gasteiger partial charge in [0.25, 0.3) is 5.91 Å². The molecule has 0 unspecified atom stereocenters. The molecular weight excluding hydrogens is 444 g/mol. The van der Waals surface area contributed by atoms with E-state index in [0.717, 1.165) is 5.56 Å². The normalized spacial score (nSPS) is 10.8. The molecule has 4 aromatic rings. The van der Waals surface area contributed by atoms with Crippen molar-refractivity contribution < 1.29 is 13.9 Å². The maximum Gasteiger partial charge on any atom is 0.277 e. The molecule has 4 rings (SSSR count). The standard InChI is InChI=1S/C21H16Cl2FN5O2/c22-15-4-6-17(7-5-15)31-13-28-9-8-19(26-28)21(30)25-20-18(23)12-29(27-20)11-14-2-1-3-16(24)10-14/h1-10,12H,11,13H2,(H,25,27,30). The van der Waals surface area contributed by atoms with Crippen LogP contribution >= 0.6 is 23.2 Å². The van der Waals surface area contributed by atoms with E-state index in [0.29, 0.717) is 17.3 Å². The molecule has 0 atom stereocenters. The molecule has 2 heterocycles. The Morgan fingerprint density at radius 1 is 1.06 bits per heavy atom. The SMILES string of the molecule is O=C(Nc1nn(Cc2cccc(F)c2)cc1Cl)c1ccn(COc2ccc(Cl)cc2)n1. The minimum Gasteiger partial charge on any atom is -0.471 e. The average Bonchev–Trinajstić information content (AvgIpc) is 3.34. The van der Waals surface area contributed by atoms with Gasteiger partial charge in [0.1, 0.15) is 16.6 Å². The van der Waals surface area contributed by atoms with Crippen LogP contribution in [0.1, 0.15) is 16.1 Å². The van der Waals surface area contributed by atoms with Crippen molar-refractivity contribution in [2.75, 3.05) is 5.32 Å². The minimum atomic E-state index is -0.469. The van der Waals surface area contributed by atoms with E-state index < -0.39 is 5.91 Å². The number of benzene rings is 2. The van der Waals surface area contributed by atoms with Gasteiger partial charge in [0.2, 0.25) is 0 Å². The second-order valence-electron chi connectivity index (χ2n) is 6.58. The summed E-state index contributed by atoms with van der Waals surface area (Å²) >= 11 is 12.0. The van der Waals surface area contributed by atoms with E-state index in [1.165, 1.54) is 21.5 Å². The molecule has 0 aliphatic carbocycles. The lowest BCUT2D eigenvalue weighted by molar-refractivity contribution is 0.101. The highest BCUT2D eigenvalue weighted by molar-refractivity contribution is 6.33. The molecule has 158 valence electrons. The highest BCUT2D eigenvalue weighted by Gasteiger charge is 2.15. The number of carbonyl (C=O) groups excluding carboxylic acids is 1. The number of anilines is 1. The van der Waals surface area contributed by atoms with Crippen molar-refractivity contribution in [2.24, 2.45) is 0 Å². The lowest BCUT2D eigenvalue weighted by atomic mass is 10.2. The first-order chi connectivity index (χ1) is 15.0. The third-order valence-electron chi connectivity index (χ3n) is 4.23. The molecule has 31 heavy (non-hydrogen) atoms. The van der Waals surface area contributed by atoms with Crippen LogP contribution in [0.15, 0.2) is 67.0 Å². The molecule has 0 saturated carbocycles. The van der Waals surface area contributed by atoms with Gasteiger partial charge in [-0.2, -0.15) is 10.2 Å². The molecule has 7 nitrogen and oxygen atoms in total. The maximum atomic E-state index is 13.3. The first-order valence-electron chi connectivity index (χ1n) is 9.17. The zero-order valence-electron chi connectivity index (χ0n) is 16.0. The number of amides is 1. The highest BCUT2D eigenvalue weighted by Crippen LogP contribution is 2.21. The summed E-state index contributed by atoms with van der Waals surface area (Å²) in [5.41, 5.74) is 0.895. The molecule has 2 aromatic heterocycles. The monoisotopic (exact) mass is 459 g/mol. The zero-order valence-corrected chi connectivity index (χ0v) is 17.5. The Morgan fingerprint density at radius 2 is 1.87 bits per heavy atom. The Bertz CT molecular complexity index is 1210. The predicted molar refractivity (Wildman–Crippen MR) is 115 cm³/mol. The number of hydrogen-bond acceptors (Lipinski definition) is 4. The summed E-state index contributed by atoms with van der Waals surface area (Å²) < 4.78 is 21.9. The number of hydrogen-bond donors (Lipinski definition) is 1. The van der Waals surface area contributed by atoms with Crippen molar-refractivity contribution in [3.63, 3.8) is 0 Å². The van der Waals surface area contributed by atoms with Crippen molar-refractivity contribution in [3.8, 4) is 5.75 Å². The first kappa shape index (κ1) is 20.9. The molecule has 0 aliphatic rings. The Hall–Kier alpha value is -3.36. The van der Waals surface area contributed by atoms with Crippen LogP contribution in [0.25, 0.3) is 0 Å². The molecule has 0 saturated heterocycles. The van der Waals surface area contributed by atoms with Crippen molar-refractivity contribution >= 4 is 34.9 Å². The van der Waals surface area contributed by atoms with Gasteiger partial charge in [-0.15, -0.1) is 0 Å². The van der Waals surface area contributed by atoms with Gasteiger partial charge in [0.05, 0.1) is 6.54 Å². The van der Waals surface area contributed by atoms with Gasteiger partial charge in [-0.3, -0.25) is 9.48 Å². The molecule has 0 spiro atoms. The van der Waals surface area contributed by atoms with E-state index in [1.807, 2.05) is 0 Å². The molecule has 10 heteroatoms. The number of nitrogens with zero attached hydrogens (tertiary/aromatic N) is 4. The average molecular weight is 460 g/mol. The third-order valence-corrected chi connectivity index (χ3v) is 4.76. The number of rotatable bonds is 7. The molecule has 1 N–H and O–H groups in total. The number of nitrogens with one attached hydrogen (secondary N) is 1. The van der Waals surface area contributed by atoms with Crippen LogP contribution in [0.4, 0.5) is 10.2 Å². The Morgan fingerprint density at radius 3 is 2.65 bits per heavy atom. The van der Waals surface area contributed by atoms with Gasteiger partial charge >= 0.3 is 0 Å². The quantitative estimate of drug-likeness (QED) is 0.428. The summed E-state index contributed by atoms with van der Waals surface area (Å²) in [4.78, 5) is 12.5. The summed E-state index contributed by atoms with van der Waals surface area (Å²) in [6.07, 6.45) is 3.18. The lowest BCUT2D eigenvalue weighted by Gasteiger charge is -2.06. The van der Waals surface area contributed by atoms with Crippen molar-refractivity contribution in [1.82, 2.24) is 19.6 Å². The minimum absolute atomic E-state index is 0.123. The van der Waals surface area contributed by atoms with E-state index in [2.05, 4.69) is 15.5 Å². The molecule has 0 radical (unpaired) electrons. The van der Waals surface area contributed by atoms with Crippen molar-refractivity contribution in [1.29, 1.82) is 0 Å². The fourth-order valence-electron chi connectivity index (χ4n) is 2.78. The first-order valence-corrected chi connectivity index (χ1v) is 9.92. The maximum absolute atomic E-state index is 13.3. The molecule has 0 bridgehead atoms. The number of halogens is 3. The zero-order chi connectivity index (χ0) is 21.8. The van der Waals surface area contributed by atoms with Crippen LogP contribution in [-0.4, -0.2) is 25.5 Å². The fraction of sp³-hybridized carbons (Fsp3) is 0.0952. The summed E-state index contributed by atoms with van der Waals surface area (Å²) in [7, 11) is 0. The second-order valence-corrected chi connectivity index (χ2v) is 7.42. The van der Waals surface area contributed by atoms with Gasteiger partial charge in [-0.05, 0) is 48.0 Å². The van der Waals surface area contributed by atoms with Crippen LogP contribution in [0.3, 0.4) is 0 Å². The number of carbonyl (C=O) groups is 1. The molecular formula is C21H16Cl2FN5O2. The van der Waals surface area contributed by atoms with E-state index in [-0.39, 0.29) is 29.1 Å². The van der Waals surface area contributed by atoms with Crippen molar-refractivity contribution in [3.05, 3.63) is 94.1 Å². The van der Waals surface area contributed by atoms with Crippen LogP contribution in [0, 0.1) is 5.82 Å². The van der Waals surface area contributed by atoms with Gasteiger partial charge in [-0.25, -0.2) is 9.07 Å². The molecule has 1 amide bonds. The van der Waals surface area contributed by atoms with E-state index in [9.17, 15) is 9.18 Å². The van der Waals surface area contributed by atoms with Crippen LogP contribution < -0.4 is 10.1 Å².